The fourth-order valence-corrected chi connectivity index (χ4v) is 3.62. The van der Waals surface area contributed by atoms with Crippen LogP contribution in [0.15, 0.2) is 23.4 Å². The molecule has 0 unspecified atom stereocenters. The van der Waals surface area contributed by atoms with E-state index in [1.165, 1.54) is 11.8 Å². The lowest BCUT2D eigenvalue weighted by Crippen LogP contribution is -2.23. The summed E-state index contributed by atoms with van der Waals surface area (Å²) in [6.07, 6.45) is 0.608. The number of carbonyl (C=O) groups excluding carboxylic acids is 2. The monoisotopic (exact) mass is 415 g/mol. The van der Waals surface area contributed by atoms with Crippen molar-refractivity contribution in [1.29, 1.82) is 0 Å². The van der Waals surface area contributed by atoms with Gasteiger partial charge in [-0.05, 0) is 26.0 Å². The minimum Gasteiger partial charge on any atom is -0.370 e. The molecule has 1 atom stereocenters. The first kappa shape index (κ1) is 20.5. The van der Waals surface area contributed by atoms with Crippen LogP contribution in [0.4, 0.5) is 5.69 Å². The number of nitrogens with one attached hydrogen (secondary N) is 1. The van der Waals surface area contributed by atoms with Crippen LogP contribution in [0, 0.1) is 0 Å². The normalized spacial score (nSPS) is 12.0. The van der Waals surface area contributed by atoms with Gasteiger partial charge in [0.1, 0.15) is 5.82 Å². The number of primary amides is 1. The molecule has 0 aliphatic carbocycles. The number of nitrogens with two attached hydrogens (primary N) is 1. The summed E-state index contributed by atoms with van der Waals surface area (Å²) in [6.45, 7) is 4.31. The molecule has 1 aromatic carbocycles. The van der Waals surface area contributed by atoms with E-state index in [1.807, 2.05) is 11.5 Å². The number of thioether (sulfide) groups is 1. The molecule has 0 fully saturated rings. The van der Waals surface area contributed by atoms with Crippen molar-refractivity contribution in [2.45, 2.75) is 43.6 Å². The number of aryl methyl sites for hydroxylation is 1. The van der Waals surface area contributed by atoms with Crippen LogP contribution in [-0.4, -0.2) is 31.8 Å². The van der Waals surface area contributed by atoms with Gasteiger partial charge in [-0.3, -0.25) is 9.59 Å². The maximum Gasteiger partial charge on any atom is 0.237 e. The second-order valence-corrected chi connectivity index (χ2v) is 7.58. The number of anilines is 1. The Morgan fingerprint density at radius 2 is 1.96 bits per heavy atom. The minimum absolute atomic E-state index is 0.198. The van der Waals surface area contributed by atoms with Gasteiger partial charge in [0.15, 0.2) is 5.16 Å². The summed E-state index contributed by atoms with van der Waals surface area (Å²) in [5.41, 5.74) is 5.56. The van der Waals surface area contributed by atoms with Gasteiger partial charge in [-0.2, -0.15) is 0 Å². The van der Waals surface area contributed by atoms with Gasteiger partial charge in [0.2, 0.25) is 11.8 Å². The molecule has 0 aliphatic heterocycles. The van der Waals surface area contributed by atoms with Crippen LogP contribution in [0.2, 0.25) is 10.0 Å². The summed E-state index contributed by atoms with van der Waals surface area (Å²) in [5.74, 6) is 0.0131. The molecule has 3 N–H and O–H groups in total. The number of aromatic nitrogens is 3. The summed E-state index contributed by atoms with van der Waals surface area (Å²) >= 11 is 13.4. The maximum absolute atomic E-state index is 12.5. The number of benzene rings is 1. The van der Waals surface area contributed by atoms with Gasteiger partial charge in [0, 0.05) is 19.4 Å². The second kappa shape index (κ2) is 9.25. The molecular weight excluding hydrogens is 397 g/mol. The molecule has 0 bridgehead atoms. The molecule has 7 nitrogen and oxygen atoms in total. The van der Waals surface area contributed by atoms with Gasteiger partial charge in [-0.1, -0.05) is 41.0 Å². The van der Waals surface area contributed by atoms with Crippen molar-refractivity contribution in [3.63, 3.8) is 0 Å². The van der Waals surface area contributed by atoms with Crippen LogP contribution in [0.3, 0.4) is 0 Å². The Labute approximate surface area is 165 Å². The van der Waals surface area contributed by atoms with Gasteiger partial charge in [-0.15, -0.1) is 10.2 Å². The third-order valence-electron chi connectivity index (χ3n) is 3.57. The zero-order valence-electron chi connectivity index (χ0n) is 14.3. The van der Waals surface area contributed by atoms with Crippen molar-refractivity contribution in [3.8, 4) is 0 Å². The van der Waals surface area contributed by atoms with Gasteiger partial charge in [0.25, 0.3) is 0 Å². The van der Waals surface area contributed by atoms with Gasteiger partial charge < -0.3 is 15.6 Å². The first-order valence-corrected chi connectivity index (χ1v) is 9.59. The summed E-state index contributed by atoms with van der Waals surface area (Å²) in [6, 6.07) is 5.01. The van der Waals surface area contributed by atoms with Crippen LogP contribution >= 0.6 is 35.0 Å². The van der Waals surface area contributed by atoms with E-state index in [-0.39, 0.29) is 12.3 Å². The first-order chi connectivity index (χ1) is 12.3. The second-order valence-electron chi connectivity index (χ2n) is 5.46. The molecule has 1 heterocycles. The lowest BCUT2D eigenvalue weighted by atomic mass is 10.3. The van der Waals surface area contributed by atoms with Crippen molar-refractivity contribution in [1.82, 2.24) is 14.8 Å². The topological polar surface area (TPSA) is 103 Å². The van der Waals surface area contributed by atoms with E-state index in [0.717, 1.165) is 0 Å². The lowest BCUT2D eigenvalue weighted by molar-refractivity contribution is -0.118. The summed E-state index contributed by atoms with van der Waals surface area (Å²) in [7, 11) is 0. The van der Waals surface area contributed by atoms with E-state index < -0.39 is 11.2 Å². The fourth-order valence-electron chi connectivity index (χ4n) is 2.20. The first-order valence-electron chi connectivity index (χ1n) is 7.95. The fraction of sp³-hybridized carbons (Fsp3) is 0.375. The van der Waals surface area contributed by atoms with E-state index in [0.29, 0.717) is 39.7 Å². The average Bonchev–Trinajstić information content (AvgIpc) is 2.97. The summed E-state index contributed by atoms with van der Waals surface area (Å²) < 4.78 is 1.86. The highest BCUT2D eigenvalue weighted by Crippen LogP contribution is 2.31. The Bertz CT molecular complexity index is 792. The van der Waals surface area contributed by atoms with Crippen LogP contribution in [0.5, 0.6) is 0 Å². The molecule has 2 rings (SSSR count). The number of halogens is 2. The smallest absolute Gasteiger partial charge is 0.237 e. The van der Waals surface area contributed by atoms with Crippen molar-refractivity contribution < 1.29 is 9.59 Å². The Morgan fingerprint density at radius 1 is 1.31 bits per heavy atom. The van der Waals surface area contributed by atoms with E-state index >= 15 is 0 Å². The van der Waals surface area contributed by atoms with Gasteiger partial charge >= 0.3 is 0 Å². The molecule has 2 amide bonds. The highest BCUT2D eigenvalue weighted by molar-refractivity contribution is 8.00. The van der Waals surface area contributed by atoms with Crippen molar-refractivity contribution in [2.75, 3.05) is 5.32 Å². The average molecular weight is 416 g/mol. The molecule has 2 aromatic rings. The summed E-state index contributed by atoms with van der Waals surface area (Å²) in [4.78, 5) is 23.4. The Balaban J connectivity index is 2.08. The molecular formula is C16H19Cl2N5O2S. The van der Waals surface area contributed by atoms with Gasteiger partial charge in [0.05, 0.1) is 21.0 Å². The predicted octanol–water partition coefficient (Wildman–Crippen LogP) is 3.14. The van der Waals surface area contributed by atoms with Crippen molar-refractivity contribution in [2.24, 2.45) is 5.73 Å². The number of hydrogen-bond acceptors (Lipinski definition) is 5. The van der Waals surface area contributed by atoms with Crippen LogP contribution in [0.1, 0.15) is 26.1 Å². The van der Waals surface area contributed by atoms with E-state index in [9.17, 15) is 9.59 Å². The highest BCUT2D eigenvalue weighted by Gasteiger charge is 2.21. The molecule has 0 aliphatic rings. The zero-order chi connectivity index (χ0) is 19.3. The molecule has 10 heteroatoms. The third kappa shape index (κ3) is 5.12. The maximum atomic E-state index is 12.5. The predicted molar refractivity (Wildman–Crippen MR) is 104 cm³/mol. The molecule has 26 heavy (non-hydrogen) atoms. The molecule has 1 aromatic heterocycles. The van der Waals surface area contributed by atoms with Crippen LogP contribution in [0.25, 0.3) is 0 Å². The minimum atomic E-state index is -0.458. The number of amides is 2. The molecule has 0 saturated carbocycles. The number of hydrogen-bond donors (Lipinski definition) is 2. The summed E-state index contributed by atoms with van der Waals surface area (Å²) in [5, 5.41) is 11.8. The van der Waals surface area contributed by atoms with E-state index in [1.54, 1.807) is 25.1 Å². The molecule has 140 valence electrons. The van der Waals surface area contributed by atoms with E-state index in [4.69, 9.17) is 28.9 Å². The molecule has 0 saturated heterocycles. The Kier molecular flexibility index (Phi) is 7.31. The van der Waals surface area contributed by atoms with Gasteiger partial charge in [-0.25, -0.2) is 0 Å². The standard InChI is InChI=1S/C16H19Cl2N5O2S/c1-3-23-13(8-7-12(19)24)21-22-16(23)26-9(2)15(25)20-14-10(17)5-4-6-11(14)18/h4-6,9H,3,7-8H2,1-2H3,(H2,19,24)(H,20,25)/t9-/m1/s1. The SMILES string of the molecule is CCn1c(CCC(N)=O)nnc1S[C@H](C)C(=O)Nc1c(Cl)cccc1Cl. The van der Waals surface area contributed by atoms with Crippen molar-refractivity contribution in [3.05, 3.63) is 34.1 Å². The quantitative estimate of drug-likeness (QED) is 0.644. The number of nitrogens with zero attached hydrogens (tertiary/aromatic N) is 3. The lowest BCUT2D eigenvalue weighted by Gasteiger charge is -2.14. The number of para-hydroxylation sites is 1. The largest absolute Gasteiger partial charge is 0.370 e. The highest BCUT2D eigenvalue weighted by atomic mass is 35.5. The number of rotatable bonds is 8. The third-order valence-corrected chi connectivity index (χ3v) is 5.28. The van der Waals surface area contributed by atoms with Crippen molar-refractivity contribution >= 4 is 52.5 Å². The van der Waals surface area contributed by atoms with Crippen LogP contribution in [-0.2, 0) is 22.6 Å². The molecule has 0 radical (unpaired) electrons. The van der Waals surface area contributed by atoms with E-state index in [2.05, 4.69) is 15.5 Å². The zero-order valence-corrected chi connectivity index (χ0v) is 16.7. The Morgan fingerprint density at radius 3 is 2.54 bits per heavy atom. The Hall–Kier alpha value is -1.77. The number of carbonyl (C=O) groups is 2. The van der Waals surface area contributed by atoms with Crippen LogP contribution < -0.4 is 11.1 Å². The molecule has 0 spiro atoms.